The molecule has 26 heavy (non-hydrogen) atoms. The standard InChI is InChI=1S/C21H29NO4/c1-4-26-19(23)18-12-7-15(2)22(18)20(24)21(13-5-6-14-21)16-8-10-17(25-3)11-9-16/h8-11,15,18H,4-7,12-14H2,1-3H3/t15-,18-/m1/s1. The third-order valence-corrected chi connectivity index (χ3v) is 5.97. The first-order valence-corrected chi connectivity index (χ1v) is 9.67. The molecule has 1 aliphatic heterocycles. The Bertz CT molecular complexity index is 648. The van der Waals surface area contributed by atoms with Gasteiger partial charge < -0.3 is 14.4 Å². The Morgan fingerprint density at radius 2 is 1.81 bits per heavy atom. The molecule has 0 unspecified atom stereocenters. The maximum Gasteiger partial charge on any atom is 0.328 e. The van der Waals surface area contributed by atoms with Crippen LogP contribution in [-0.4, -0.2) is 42.6 Å². The van der Waals surface area contributed by atoms with Crippen LogP contribution in [0, 0.1) is 0 Å². The molecule has 2 atom stereocenters. The Balaban J connectivity index is 1.93. The van der Waals surface area contributed by atoms with E-state index >= 15 is 0 Å². The Labute approximate surface area is 155 Å². The van der Waals surface area contributed by atoms with Crippen LogP contribution in [0.2, 0.25) is 0 Å². The molecule has 5 nitrogen and oxygen atoms in total. The van der Waals surface area contributed by atoms with Crippen LogP contribution in [-0.2, 0) is 19.7 Å². The van der Waals surface area contributed by atoms with Gasteiger partial charge in [-0.3, -0.25) is 4.79 Å². The monoisotopic (exact) mass is 359 g/mol. The van der Waals surface area contributed by atoms with E-state index in [4.69, 9.17) is 9.47 Å². The molecule has 1 saturated heterocycles. The number of ether oxygens (including phenoxy) is 2. The molecule has 1 aliphatic carbocycles. The topological polar surface area (TPSA) is 55.8 Å². The van der Waals surface area contributed by atoms with Crippen LogP contribution in [0.3, 0.4) is 0 Å². The quantitative estimate of drug-likeness (QED) is 0.756. The van der Waals surface area contributed by atoms with E-state index in [9.17, 15) is 9.59 Å². The second-order valence-corrected chi connectivity index (χ2v) is 7.42. The van der Waals surface area contributed by atoms with Crippen molar-refractivity contribution in [3.63, 3.8) is 0 Å². The minimum Gasteiger partial charge on any atom is -0.497 e. The normalized spacial score (nSPS) is 24.5. The Kier molecular flexibility index (Phi) is 5.54. The smallest absolute Gasteiger partial charge is 0.328 e. The van der Waals surface area contributed by atoms with E-state index in [0.717, 1.165) is 43.4 Å². The molecule has 2 fully saturated rings. The number of carbonyl (C=O) groups excluding carboxylic acids is 2. The van der Waals surface area contributed by atoms with Gasteiger partial charge in [0.15, 0.2) is 0 Å². The summed E-state index contributed by atoms with van der Waals surface area (Å²) in [5.41, 5.74) is 0.498. The first-order valence-electron chi connectivity index (χ1n) is 9.67. The molecule has 1 aromatic carbocycles. The van der Waals surface area contributed by atoms with Crippen molar-refractivity contribution >= 4 is 11.9 Å². The number of rotatable bonds is 5. The minimum atomic E-state index is -0.532. The molecule has 2 aliphatic rings. The molecule has 0 spiro atoms. The molecule has 5 heteroatoms. The fourth-order valence-corrected chi connectivity index (χ4v) is 4.56. The van der Waals surface area contributed by atoms with E-state index in [-0.39, 0.29) is 17.9 Å². The molecular weight excluding hydrogens is 330 g/mol. The Morgan fingerprint density at radius 1 is 1.15 bits per heavy atom. The highest BCUT2D eigenvalue weighted by Crippen LogP contribution is 2.45. The number of hydrogen-bond donors (Lipinski definition) is 0. The molecule has 0 aromatic heterocycles. The van der Waals surface area contributed by atoms with E-state index in [2.05, 4.69) is 0 Å². The SMILES string of the molecule is CCOC(=O)[C@H]1CC[C@@H](C)N1C(=O)C1(c2ccc(OC)cc2)CCCC1. The van der Waals surface area contributed by atoms with Crippen molar-refractivity contribution < 1.29 is 19.1 Å². The molecule has 1 saturated carbocycles. The second kappa shape index (κ2) is 7.68. The van der Waals surface area contributed by atoms with Gasteiger partial charge in [0, 0.05) is 6.04 Å². The van der Waals surface area contributed by atoms with Crippen LogP contribution in [0.5, 0.6) is 5.75 Å². The van der Waals surface area contributed by atoms with Gasteiger partial charge in [0.05, 0.1) is 19.1 Å². The summed E-state index contributed by atoms with van der Waals surface area (Å²) in [4.78, 5) is 28.0. The van der Waals surface area contributed by atoms with Gasteiger partial charge in [-0.15, -0.1) is 0 Å². The maximum atomic E-state index is 13.7. The molecule has 3 rings (SSSR count). The molecule has 0 N–H and O–H groups in total. The number of nitrogens with zero attached hydrogens (tertiary/aromatic N) is 1. The van der Waals surface area contributed by atoms with Gasteiger partial charge in [0.25, 0.3) is 0 Å². The minimum absolute atomic E-state index is 0.0626. The van der Waals surface area contributed by atoms with Crippen LogP contribution in [0.1, 0.15) is 57.9 Å². The summed E-state index contributed by atoms with van der Waals surface area (Å²) in [5, 5.41) is 0. The van der Waals surface area contributed by atoms with E-state index in [1.807, 2.05) is 36.1 Å². The Hall–Kier alpha value is -2.04. The zero-order valence-corrected chi connectivity index (χ0v) is 16.0. The zero-order chi connectivity index (χ0) is 18.7. The van der Waals surface area contributed by atoms with Gasteiger partial charge in [-0.1, -0.05) is 25.0 Å². The second-order valence-electron chi connectivity index (χ2n) is 7.42. The average Bonchev–Trinajstić information content (AvgIpc) is 3.29. The van der Waals surface area contributed by atoms with Gasteiger partial charge in [-0.25, -0.2) is 4.79 Å². The van der Waals surface area contributed by atoms with Gasteiger partial charge in [-0.05, 0) is 57.2 Å². The molecular formula is C21H29NO4. The van der Waals surface area contributed by atoms with Crippen LogP contribution in [0.15, 0.2) is 24.3 Å². The molecule has 0 radical (unpaired) electrons. The number of methoxy groups -OCH3 is 1. The largest absolute Gasteiger partial charge is 0.497 e. The molecule has 1 heterocycles. The van der Waals surface area contributed by atoms with Crippen molar-refractivity contribution in [2.45, 2.75) is 69.9 Å². The van der Waals surface area contributed by atoms with Gasteiger partial charge in [-0.2, -0.15) is 0 Å². The Morgan fingerprint density at radius 3 is 2.38 bits per heavy atom. The van der Waals surface area contributed by atoms with Crippen LogP contribution >= 0.6 is 0 Å². The van der Waals surface area contributed by atoms with Crippen molar-refractivity contribution in [1.29, 1.82) is 0 Å². The molecule has 142 valence electrons. The number of hydrogen-bond acceptors (Lipinski definition) is 4. The third-order valence-electron chi connectivity index (χ3n) is 5.97. The predicted octanol–water partition coefficient (Wildman–Crippen LogP) is 3.45. The summed E-state index contributed by atoms with van der Waals surface area (Å²) in [5.74, 6) is 0.601. The fraction of sp³-hybridized carbons (Fsp3) is 0.619. The summed E-state index contributed by atoms with van der Waals surface area (Å²) in [6, 6.07) is 7.45. The first kappa shape index (κ1) is 18.7. The summed E-state index contributed by atoms with van der Waals surface area (Å²) < 4.78 is 10.5. The number of benzene rings is 1. The highest BCUT2D eigenvalue weighted by Gasteiger charge is 2.50. The highest BCUT2D eigenvalue weighted by molar-refractivity contribution is 5.93. The maximum absolute atomic E-state index is 13.7. The molecule has 0 bridgehead atoms. The van der Waals surface area contributed by atoms with E-state index in [1.54, 1.807) is 14.0 Å². The number of amides is 1. The van der Waals surface area contributed by atoms with Gasteiger partial charge in [0.1, 0.15) is 11.8 Å². The summed E-state index contributed by atoms with van der Waals surface area (Å²) >= 11 is 0. The number of likely N-dealkylation sites (tertiary alicyclic amines) is 1. The van der Waals surface area contributed by atoms with Gasteiger partial charge >= 0.3 is 5.97 Å². The lowest BCUT2D eigenvalue weighted by Crippen LogP contribution is -2.52. The number of esters is 1. The van der Waals surface area contributed by atoms with Crippen molar-refractivity contribution in [3.8, 4) is 5.75 Å². The van der Waals surface area contributed by atoms with Crippen molar-refractivity contribution in [2.24, 2.45) is 0 Å². The molecule has 1 amide bonds. The van der Waals surface area contributed by atoms with Crippen LogP contribution in [0.4, 0.5) is 0 Å². The van der Waals surface area contributed by atoms with Crippen molar-refractivity contribution in [1.82, 2.24) is 4.90 Å². The molecule has 1 aromatic rings. The van der Waals surface area contributed by atoms with Crippen molar-refractivity contribution in [2.75, 3.05) is 13.7 Å². The lowest BCUT2D eigenvalue weighted by molar-refractivity contribution is -0.156. The zero-order valence-electron chi connectivity index (χ0n) is 16.0. The van der Waals surface area contributed by atoms with Crippen LogP contribution < -0.4 is 4.74 Å². The van der Waals surface area contributed by atoms with Gasteiger partial charge in [0.2, 0.25) is 5.91 Å². The lowest BCUT2D eigenvalue weighted by Gasteiger charge is -2.37. The van der Waals surface area contributed by atoms with E-state index < -0.39 is 11.5 Å². The van der Waals surface area contributed by atoms with E-state index in [0.29, 0.717) is 13.0 Å². The third kappa shape index (κ3) is 3.19. The van der Waals surface area contributed by atoms with Crippen molar-refractivity contribution in [3.05, 3.63) is 29.8 Å². The first-order chi connectivity index (χ1) is 12.5. The highest BCUT2D eigenvalue weighted by atomic mass is 16.5. The van der Waals surface area contributed by atoms with Crippen LogP contribution in [0.25, 0.3) is 0 Å². The fourth-order valence-electron chi connectivity index (χ4n) is 4.56. The predicted molar refractivity (Wildman–Crippen MR) is 99.1 cm³/mol. The summed E-state index contributed by atoms with van der Waals surface area (Å²) in [6.07, 6.45) is 5.25. The summed E-state index contributed by atoms with van der Waals surface area (Å²) in [7, 11) is 1.64. The summed E-state index contributed by atoms with van der Waals surface area (Å²) in [6.45, 7) is 4.18. The number of carbonyl (C=O) groups is 2. The van der Waals surface area contributed by atoms with E-state index in [1.165, 1.54) is 0 Å². The average molecular weight is 359 g/mol. The lowest BCUT2D eigenvalue weighted by atomic mass is 9.77.